The van der Waals surface area contributed by atoms with Gasteiger partial charge in [-0.05, 0) is 58.9 Å². The van der Waals surface area contributed by atoms with E-state index < -0.39 is 5.60 Å². The van der Waals surface area contributed by atoms with Crippen molar-refractivity contribution in [3.05, 3.63) is 44.8 Å². The SMILES string of the molecule is CN(C)CC(O)(c1ccsc1)c1ccsc1. The minimum atomic E-state index is -0.885. The smallest absolute Gasteiger partial charge is 0.129 e. The molecule has 0 aliphatic carbocycles. The highest BCUT2D eigenvalue weighted by atomic mass is 32.1. The highest BCUT2D eigenvalue weighted by molar-refractivity contribution is 7.08. The molecule has 0 aromatic carbocycles. The Kier molecular flexibility index (Phi) is 3.44. The van der Waals surface area contributed by atoms with Crippen LogP contribution in [0.2, 0.25) is 0 Å². The van der Waals surface area contributed by atoms with Crippen molar-refractivity contribution >= 4 is 22.7 Å². The Morgan fingerprint density at radius 2 is 1.62 bits per heavy atom. The quantitative estimate of drug-likeness (QED) is 0.905. The molecule has 0 saturated heterocycles. The lowest BCUT2D eigenvalue weighted by Gasteiger charge is -2.30. The Morgan fingerprint density at radius 1 is 1.12 bits per heavy atom. The van der Waals surface area contributed by atoms with Crippen LogP contribution in [0.25, 0.3) is 0 Å². The molecule has 0 bridgehead atoms. The van der Waals surface area contributed by atoms with E-state index >= 15 is 0 Å². The van der Waals surface area contributed by atoms with Gasteiger partial charge in [-0.3, -0.25) is 0 Å². The van der Waals surface area contributed by atoms with Gasteiger partial charge < -0.3 is 10.0 Å². The normalized spacial score (nSPS) is 12.2. The molecular weight excluding hydrogens is 238 g/mol. The third-order valence-electron chi connectivity index (χ3n) is 2.54. The fraction of sp³-hybridized carbons (Fsp3) is 0.333. The number of rotatable bonds is 4. The highest BCUT2D eigenvalue weighted by Gasteiger charge is 2.32. The van der Waals surface area contributed by atoms with E-state index in [1.54, 1.807) is 22.7 Å². The van der Waals surface area contributed by atoms with Crippen molar-refractivity contribution in [2.45, 2.75) is 5.60 Å². The number of nitrogens with zero attached hydrogens (tertiary/aromatic N) is 1. The second-order valence-electron chi connectivity index (χ2n) is 4.12. The summed E-state index contributed by atoms with van der Waals surface area (Å²) in [5.74, 6) is 0. The first-order valence-corrected chi connectivity index (χ1v) is 6.94. The van der Waals surface area contributed by atoms with Crippen molar-refractivity contribution in [1.29, 1.82) is 0 Å². The maximum Gasteiger partial charge on any atom is 0.129 e. The molecule has 2 heterocycles. The van der Waals surface area contributed by atoms with E-state index in [9.17, 15) is 5.11 Å². The van der Waals surface area contributed by atoms with Crippen molar-refractivity contribution in [3.8, 4) is 0 Å². The number of hydrogen-bond acceptors (Lipinski definition) is 4. The van der Waals surface area contributed by atoms with Crippen molar-refractivity contribution in [1.82, 2.24) is 4.90 Å². The largest absolute Gasteiger partial charge is 0.379 e. The third-order valence-corrected chi connectivity index (χ3v) is 3.91. The van der Waals surface area contributed by atoms with Crippen LogP contribution < -0.4 is 0 Å². The minimum absolute atomic E-state index is 0.598. The molecule has 2 nitrogen and oxygen atoms in total. The van der Waals surface area contributed by atoms with Crippen LogP contribution in [0.15, 0.2) is 33.7 Å². The summed E-state index contributed by atoms with van der Waals surface area (Å²) in [6.45, 7) is 0.598. The fourth-order valence-electron chi connectivity index (χ4n) is 1.81. The van der Waals surface area contributed by atoms with Gasteiger partial charge in [0.2, 0.25) is 0 Å². The first-order valence-electron chi connectivity index (χ1n) is 5.05. The molecule has 0 unspecified atom stereocenters. The van der Waals surface area contributed by atoms with E-state index in [-0.39, 0.29) is 0 Å². The molecule has 1 N–H and O–H groups in total. The fourth-order valence-corrected chi connectivity index (χ4v) is 3.25. The lowest BCUT2D eigenvalue weighted by atomic mass is 9.90. The lowest BCUT2D eigenvalue weighted by Crippen LogP contribution is -2.38. The van der Waals surface area contributed by atoms with Gasteiger partial charge in [0.15, 0.2) is 0 Å². The molecule has 0 saturated carbocycles. The monoisotopic (exact) mass is 253 g/mol. The third kappa shape index (κ3) is 2.20. The van der Waals surface area contributed by atoms with Gasteiger partial charge in [0.25, 0.3) is 0 Å². The molecule has 0 amide bonds. The second kappa shape index (κ2) is 4.67. The van der Waals surface area contributed by atoms with Gasteiger partial charge in [-0.15, -0.1) is 0 Å². The zero-order chi connectivity index (χ0) is 11.6. The molecule has 16 heavy (non-hydrogen) atoms. The zero-order valence-electron chi connectivity index (χ0n) is 9.38. The summed E-state index contributed by atoms with van der Waals surface area (Å²) >= 11 is 3.23. The molecule has 86 valence electrons. The number of hydrogen-bond donors (Lipinski definition) is 1. The van der Waals surface area contributed by atoms with Gasteiger partial charge in [0, 0.05) is 6.54 Å². The first-order chi connectivity index (χ1) is 7.63. The molecule has 0 atom stereocenters. The van der Waals surface area contributed by atoms with E-state index in [1.807, 2.05) is 52.6 Å². The standard InChI is InChI=1S/C12H15NOS2/c1-13(2)9-12(14,10-3-5-15-7-10)11-4-6-16-8-11/h3-8,14H,9H2,1-2H3. The summed E-state index contributed by atoms with van der Waals surface area (Å²) in [5, 5.41) is 18.9. The average molecular weight is 253 g/mol. The summed E-state index contributed by atoms with van der Waals surface area (Å²) in [6, 6.07) is 3.98. The van der Waals surface area contributed by atoms with E-state index in [0.717, 1.165) is 11.1 Å². The molecular formula is C12H15NOS2. The Bertz CT molecular complexity index is 386. The van der Waals surface area contributed by atoms with E-state index in [0.29, 0.717) is 6.54 Å². The number of likely N-dealkylation sites (N-methyl/N-ethyl adjacent to an activating group) is 1. The van der Waals surface area contributed by atoms with Gasteiger partial charge in [0.1, 0.15) is 5.60 Å². The summed E-state index contributed by atoms with van der Waals surface area (Å²) in [6.07, 6.45) is 0. The van der Waals surface area contributed by atoms with Crippen LogP contribution in [0.4, 0.5) is 0 Å². The van der Waals surface area contributed by atoms with Crippen LogP contribution in [0.5, 0.6) is 0 Å². The molecule has 2 aromatic heterocycles. The summed E-state index contributed by atoms with van der Waals surface area (Å²) in [4.78, 5) is 2.01. The predicted molar refractivity (Wildman–Crippen MR) is 70.2 cm³/mol. The van der Waals surface area contributed by atoms with Gasteiger partial charge >= 0.3 is 0 Å². The van der Waals surface area contributed by atoms with Gasteiger partial charge in [-0.2, -0.15) is 22.7 Å². The van der Waals surface area contributed by atoms with Crippen molar-refractivity contribution in [2.24, 2.45) is 0 Å². The van der Waals surface area contributed by atoms with Crippen LogP contribution in [0.1, 0.15) is 11.1 Å². The van der Waals surface area contributed by atoms with E-state index in [2.05, 4.69) is 0 Å². The molecule has 2 aromatic rings. The zero-order valence-corrected chi connectivity index (χ0v) is 11.0. The Hall–Kier alpha value is -0.680. The van der Waals surface area contributed by atoms with Crippen molar-refractivity contribution < 1.29 is 5.11 Å². The van der Waals surface area contributed by atoms with Crippen molar-refractivity contribution in [3.63, 3.8) is 0 Å². The minimum Gasteiger partial charge on any atom is -0.379 e. The Balaban J connectivity index is 2.41. The predicted octanol–water partition coefficient (Wildman–Crippen LogP) is 2.61. The van der Waals surface area contributed by atoms with Crippen LogP contribution >= 0.6 is 22.7 Å². The molecule has 0 fully saturated rings. The average Bonchev–Trinajstić information content (AvgIpc) is 2.91. The van der Waals surface area contributed by atoms with Gasteiger partial charge in [-0.1, -0.05) is 0 Å². The van der Waals surface area contributed by atoms with Crippen LogP contribution in [-0.4, -0.2) is 30.6 Å². The number of aliphatic hydroxyl groups is 1. The molecule has 4 heteroatoms. The molecule has 0 aliphatic rings. The van der Waals surface area contributed by atoms with Gasteiger partial charge in [-0.25, -0.2) is 0 Å². The first kappa shape index (κ1) is 11.8. The number of thiophene rings is 2. The summed E-state index contributed by atoms with van der Waals surface area (Å²) in [7, 11) is 3.95. The Labute approximate surface area is 104 Å². The highest BCUT2D eigenvalue weighted by Crippen LogP contribution is 2.32. The van der Waals surface area contributed by atoms with Crippen molar-refractivity contribution in [2.75, 3.05) is 20.6 Å². The second-order valence-corrected chi connectivity index (χ2v) is 5.68. The van der Waals surface area contributed by atoms with E-state index in [4.69, 9.17) is 0 Å². The van der Waals surface area contributed by atoms with Gasteiger partial charge in [0.05, 0.1) is 0 Å². The topological polar surface area (TPSA) is 23.5 Å². The molecule has 0 radical (unpaired) electrons. The lowest BCUT2D eigenvalue weighted by molar-refractivity contribution is 0.0522. The summed E-state index contributed by atoms with van der Waals surface area (Å²) in [5.41, 5.74) is 1.07. The summed E-state index contributed by atoms with van der Waals surface area (Å²) < 4.78 is 0. The van der Waals surface area contributed by atoms with Crippen LogP contribution in [0, 0.1) is 0 Å². The maximum atomic E-state index is 10.9. The molecule has 2 rings (SSSR count). The maximum absolute atomic E-state index is 10.9. The van der Waals surface area contributed by atoms with Crippen LogP contribution in [0.3, 0.4) is 0 Å². The van der Waals surface area contributed by atoms with Crippen LogP contribution in [-0.2, 0) is 5.60 Å². The Morgan fingerprint density at radius 3 is 1.94 bits per heavy atom. The molecule has 0 aliphatic heterocycles. The molecule has 0 spiro atoms. The van der Waals surface area contributed by atoms with E-state index in [1.165, 1.54) is 0 Å².